The highest BCUT2D eigenvalue weighted by Crippen LogP contribution is 2.28. The van der Waals surface area contributed by atoms with Gasteiger partial charge in [-0.2, -0.15) is 0 Å². The highest BCUT2D eigenvalue weighted by molar-refractivity contribution is 5.53. The van der Waals surface area contributed by atoms with E-state index in [-0.39, 0.29) is 11.4 Å². The summed E-state index contributed by atoms with van der Waals surface area (Å²) in [5, 5.41) is 0. The van der Waals surface area contributed by atoms with Crippen LogP contribution in [0.2, 0.25) is 0 Å². The summed E-state index contributed by atoms with van der Waals surface area (Å²) >= 11 is 0. The molecule has 88 valence electrons. The first-order valence-electron chi connectivity index (χ1n) is 4.60. The van der Waals surface area contributed by atoms with E-state index in [9.17, 15) is 13.2 Å². The number of halogens is 3. The molecule has 1 heterocycles. The van der Waals surface area contributed by atoms with Gasteiger partial charge >= 0.3 is 0 Å². The van der Waals surface area contributed by atoms with E-state index in [2.05, 4.69) is 4.98 Å². The normalized spacial score (nSPS) is 10.3. The van der Waals surface area contributed by atoms with E-state index in [1.807, 2.05) is 0 Å². The van der Waals surface area contributed by atoms with Crippen molar-refractivity contribution in [2.24, 2.45) is 0 Å². The second-order valence-electron chi connectivity index (χ2n) is 3.22. The first-order chi connectivity index (χ1) is 8.06. The van der Waals surface area contributed by atoms with Crippen LogP contribution in [0.15, 0.2) is 30.5 Å². The Balaban J connectivity index is 2.34. The van der Waals surface area contributed by atoms with Gasteiger partial charge in [0.2, 0.25) is 0 Å². The van der Waals surface area contributed by atoms with Gasteiger partial charge in [-0.3, -0.25) is 0 Å². The van der Waals surface area contributed by atoms with Crippen molar-refractivity contribution in [2.45, 2.75) is 0 Å². The van der Waals surface area contributed by atoms with E-state index in [1.165, 1.54) is 6.07 Å². The molecule has 2 aromatic rings. The Labute approximate surface area is 94.7 Å². The van der Waals surface area contributed by atoms with Crippen LogP contribution in [-0.2, 0) is 0 Å². The molecular formula is C11H7F3N2O. The molecule has 2 rings (SSSR count). The van der Waals surface area contributed by atoms with Crippen molar-refractivity contribution < 1.29 is 17.9 Å². The van der Waals surface area contributed by atoms with Gasteiger partial charge in [-0.05, 0) is 12.1 Å². The molecule has 0 spiro atoms. The van der Waals surface area contributed by atoms with Crippen LogP contribution in [0.4, 0.5) is 18.9 Å². The summed E-state index contributed by atoms with van der Waals surface area (Å²) in [5.74, 6) is -2.96. The Morgan fingerprint density at radius 2 is 1.82 bits per heavy atom. The zero-order chi connectivity index (χ0) is 12.4. The third-order valence-corrected chi connectivity index (χ3v) is 1.96. The number of pyridine rings is 1. The third kappa shape index (κ3) is 2.47. The van der Waals surface area contributed by atoms with E-state index in [0.717, 1.165) is 18.3 Å². The predicted octanol–water partition coefficient (Wildman–Crippen LogP) is 2.87. The van der Waals surface area contributed by atoms with E-state index in [1.54, 1.807) is 0 Å². The number of anilines is 1. The monoisotopic (exact) mass is 240 g/mol. The van der Waals surface area contributed by atoms with Crippen molar-refractivity contribution in [3.8, 4) is 11.6 Å². The number of rotatable bonds is 2. The predicted molar refractivity (Wildman–Crippen MR) is 55.0 cm³/mol. The van der Waals surface area contributed by atoms with Gasteiger partial charge in [0, 0.05) is 12.1 Å². The van der Waals surface area contributed by atoms with Crippen molar-refractivity contribution in [2.75, 3.05) is 5.73 Å². The molecule has 1 aromatic heterocycles. The molecule has 0 aliphatic heterocycles. The van der Waals surface area contributed by atoms with Crippen molar-refractivity contribution >= 4 is 5.69 Å². The molecule has 0 bridgehead atoms. The standard InChI is InChI=1S/C11H7F3N2O/c12-6-1-2-9(15)10(4-6)17-11-8(14)3-7(13)5-16-11/h1-5H,15H2. The van der Waals surface area contributed by atoms with Gasteiger partial charge in [-0.15, -0.1) is 0 Å². The summed E-state index contributed by atoms with van der Waals surface area (Å²) in [6.07, 6.45) is 0.786. The summed E-state index contributed by atoms with van der Waals surface area (Å²) in [5.41, 5.74) is 5.62. The Bertz CT molecular complexity index is 560. The third-order valence-electron chi connectivity index (χ3n) is 1.96. The number of nitrogens with zero attached hydrogens (tertiary/aromatic N) is 1. The number of aromatic nitrogens is 1. The number of hydrogen-bond acceptors (Lipinski definition) is 3. The van der Waals surface area contributed by atoms with Gasteiger partial charge in [0.15, 0.2) is 11.6 Å². The quantitative estimate of drug-likeness (QED) is 0.821. The topological polar surface area (TPSA) is 48.1 Å². The smallest absolute Gasteiger partial charge is 0.256 e. The molecule has 0 saturated heterocycles. The molecule has 0 atom stereocenters. The maximum absolute atomic E-state index is 13.2. The fraction of sp³-hybridized carbons (Fsp3) is 0. The molecule has 17 heavy (non-hydrogen) atoms. The number of benzene rings is 1. The van der Waals surface area contributed by atoms with E-state index in [4.69, 9.17) is 10.5 Å². The average Bonchev–Trinajstić information content (AvgIpc) is 2.27. The molecule has 0 fully saturated rings. The fourth-order valence-corrected chi connectivity index (χ4v) is 1.18. The lowest BCUT2D eigenvalue weighted by Gasteiger charge is -2.07. The van der Waals surface area contributed by atoms with Crippen LogP contribution in [-0.4, -0.2) is 4.98 Å². The molecule has 0 unspecified atom stereocenters. The molecule has 0 radical (unpaired) electrons. The zero-order valence-electron chi connectivity index (χ0n) is 8.45. The molecule has 0 aliphatic rings. The van der Waals surface area contributed by atoms with Crippen molar-refractivity contribution in [3.63, 3.8) is 0 Å². The summed E-state index contributed by atoms with van der Waals surface area (Å²) < 4.78 is 43.7. The van der Waals surface area contributed by atoms with Crippen LogP contribution < -0.4 is 10.5 Å². The first-order valence-corrected chi connectivity index (χ1v) is 4.60. The van der Waals surface area contributed by atoms with Gasteiger partial charge in [-0.25, -0.2) is 18.2 Å². The van der Waals surface area contributed by atoms with Gasteiger partial charge < -0.3 is 10.5 Å². The number of hydrogen-bond donors (Lipinski definition) is 1. The van der Waals surface area contributed by atoms with Crippen LogP contribution in [0.5, 0.6) is 11.6 Å². The molecule has 6 heteroatoms. The second kappa shape index (κ2) is 4.32. The highest BCUT2D eigenvalue weighted by Gasteiger charge is 2.10. The van der Waals surface area contributed by atoms with E-state index in [0.29, 0.717) is 6.07 Å². The minimum atomic E-state index is -0.992. The molecule has 0 aliphatic carbocycles. The average molecular weight is 240 g/mol. The first kappa shape index (κ1) is 11.3. The summed E-state index contributed by atoms with van der Waals surface area (Å²) in [4.78, 5) is 3.39. The van der Waals surface area contributed by atoms with E-state index < -0.39 is 23.3 Å². The molecule has 0 saturated carbocycles. The lowest BCUT2D eigenvalue weighted by molar-refractivity contribution is 0.416. The number of nitrogen functional groups attached to an aromatic ring is 1. The highest BCUT2D eigenvalue weighted by atomic mass is 19.1. The molecular weight excluding hydrogens is 233 g/mol. The maximum Gasteiger partial charge on any atom is 0.256 e. The molecule has 2 N–H and O–H groups in total. The molecule has 3 nitrogen and oxygen atoms in total. The second-order valence-corrected chi connectivity index (χ2v) is 3.22. The van der Waals surface area contributed by atoms with Crippen LogP contribution in [0.3, 0.4) is 0 Å². The van der Waals surface area contributed by atoms with Crippen LogP contribution in [0, 0.1) is 17.5 Å². The van der Waals surface area contributed by atoms with Gasteiger partial charge in [0.1, 0.15) is 11.6 Å². The van der Waals surface area contributed by atoms with Crippen LogP contribution >= 0.6 is 0 Å². The van der Waals surface area contributed by atoms with Crippen molar-refractivity contribution in [1.29, 1.82) is 0 Å². The summed E-state index contributed by atoms with van der Waals surface area (Å²) in [7, 11) is 0. The molecule has 1 aromatic carbocycles. The van der Waals surface area contributed by atoms with Crippen LogP contribution in [0.25, 0.3) is 0 Å². The zero-order valence-corrected chi connectivity index (χ0v) is 8.45. The minimum Gasteiger partial charge on any atom is -0.434 e. The van der Waals surface area contributed by atoms with E-state index >= 15 is 0 Å². The Hall–Kier alpha value is -2.24. The Morgan fingerprint density at radius 3 is 2.53 bits per heavy atom. The minimum absolute atomic E-state index is 0.0805. The summed E-state index contributed by atoms with van der Waals surface area (Å²) in [6, 6.07) is 4.00. The Kier molecular flexibility index (Phi) is 2.86. The largest absolute Gasteiger partial charge is 0.434 e. The van der Waals surface area contributed by atoms with Crippen molar-refractivity contribution in [1.82, 2.24) is 4.98 Å². The molecule has 0 amide bonds. The fourth-order valence-electron chi connectivity index (χ4n) is 1.18. The lowest BCUT2D eigenvalue weighted by atomic mass is 10.3. The number of ether oxygens (including phenoxy) is 1. The maximum atomic E-state index is 13.2. The van der Waals surface area contributed by atoms with Gasteiger partial charge in [-0.1, -0.05) is 0 Å². The summed E-state index contributed by atoms with van der Waals surface area (Å²) in [6.45, 7) is 0. The van der Waals surface area contributed by atoms with Crippen LogP contribution in [0.1, 0.15) is 0 Å². The van der Waals surface area contributed by atoms with Gasteiger partial charge in [0.05, 0.1) is 11.9 Å². The lowest BCUT2D eigenvalue weighted by Crippen LogP contribution is -1.97. The SMILES string of the molecule is Nc1ccc(F)cc1Oc1ncc(F)cc1F. The van der Waals surface area contributed by atoms with Crippen molar-refractivity contribution in [3.05, 3.63) is 47.9 Å². The Morgan fingerprint density at radius 1 is 1.06 bits per heavy atom. The van der Waals surface area contributed by atoms with Gasteiger partial charge in [0.25, 0.3) is 5.88 Å². The number of nitrogens with two attached hydrogens (primary N) is 1.